The minimum atomic E-state index is -0.914. The van der Waals surface area contributed by atoms with Crippen LogP contribution in [-0.2, 0) is 20.7 Å². The van der Waals surface area contributed by atoms with Gasteiger partial charge in [0.15, 0.2) is 6.10 Å². The molecule has 0 aliphatic heterocycles. The Morgan fingerprint density at radius 1 is 1.29 bits per heavy atom. The van der Waals surface area contributed by atoms with Gasteiger partial charge in [-0.2, -0.15) is 0 Å². The highest BCUT2D eigenvalue weighted by Gasteiger charge is 2.18. The molecule has 1 heterocycles. The summed E-state index contributed by atoms with van der Waals surface area (Å²) < 4.78 is 17.8. The lowest BCUT2D eigenvalue weighted by molar-refractivity contribution is -0.152. The SMILES string of the molecule is C[C@@H](OC(=O)Cc1cccs1)C(=O)Nc1ccc(F)cc1. The Morgan fingerprint density at radius 3 is 2.62 bits per heavy atom. The number of carbonyl (C=O) groups is 2. The van der Waals surface area contributed by atoms with Gasteiger partial charge in [-0.1, -0.05) is 6.07 Å². The van der Waals surface area contributed by atoms with E-state index in [0.717, 1.165) is 4.88 Å². The summed E-state index contributed by atoms with van der Waals surface area (Å²) in [4.78, 5) is 24.4. The molecule has 1 N–H and O–H groups in total. The number of halogens is 1. The maximum Gasteiger partial charge on any atom is 0.311 e. The summed E-state index contributed by atoms with van der Waals surface area (Å²) in [5, 5.41) is 4.42. The lowest BCUT2D eigenvalue weighted by Gasteiger charge is -2.13. The van der Waals surface area contributed by atoms with Crippen molar-refractivity contribution in [3.05, 3.63) is 52.5 Å². The topological polar surface area (TPSA) is 55.4 Å². The standard InChI is InChI=1S/C15H14FNO3S/c1-10(20-14(18)9-13-3-2-8-21-13)15(19)17-12-6-4-11(16)5-7-12/h2-8,10H,9H2,1H3,(H,17,19)/t10-/m1/s1. The van der Waals surface area contributed by atoms with Gasteiger partial charge in [0.25, 0.3) is 5.91 Å². The van der Waals surface area contributed by atoms with Gasteiger partial charge in [-0.3, -0.25) is 9.59 Å². The molecule has 0 aliphatic rings. The molecule has 1 aromatic carbocycles. The molecule has 4 nitrogen and oxygen atoms in total. The maximum absolute atomic E-state index is 12.8. The predicted molar refractivity (Wildman–Crippen MR) is 78.6 cm³/mol. The predicted octanol–water partition coefficient (Wildman–Crippen LogP) is 3.00. The number of nitrogens with one attached hydrogen (secondary N) is 1. The number of amides is 1. The number of carbonyl (C=O) groups excluding carboxylic acids is 2. The van der Waals surface area contributed by atoms with Gasteiger partial charge >= 0.3 is 5.97 Å². The maximum atomic E-state index is 12.8. The van der Waals surface area contributed by atoms with Gasteiger partial charge in [-0.05, 0) is 42.6 Å². The number of ether oxygens (including phenoxy) is 1. The summed E-state index contributed by atoms with van der Waals surface area (Å²) in [6, 6.07) is 9.03. The third-order valence-electron chi connectivity index (χ3n) is 2.69. The molecule has 0 saturated carbocycles. The van der Waals surface area contributed by atoms with E-state index in [4.69, 9.17) is 4.74 Å². The lowest BCUT2D eigenvalue weighted by atomic mass is 10.3. The fourth-order valence-corrected chi connectivity index (χ4v) is 2.32. The van der Waals surface area contributed by atoms with Gasteiger partial charge in [0.2, 0.25) is 0 Å². The van der Waals surface area contributed by atoms with Gasteiger partial charge in [0.1, 0.15) is 5.82 Å². The minimum Gasteiger partial charge on any atom is -0.452 e. The van der Waals surface area contributed by atoms with E-state index in [2.05, 4.69) is 5.32 Å². The first kappa shape index (κ1) is 15.2. The van der Waals surface area contributed by atoms with Crippen LogP contribution in [0.15, 0.2) is 41.8 Å². The van der Waals surface area contributed by atoms with Gasteiger partial charge in [0, 0.05) is 10.6 Å². The first-order chi connectivity index (χ1) is 10.0. The van der Waals surface area contributed by atoms with Crippen LogP contribution in [0.4, 0.5) is 10.1 Å². The zero-order chi connectivity index (χ0) is 15.2. The van der Waals surface area contributed by atoms with Crippen LogP contribution in [0.5, 0.6) is 0 Å². The Morgan fingerprint density at radius 2 is 2.00 bits per heavy atom. The van der Waals surface area contributed by atoms with E-state index in [1.54, 1.807) is 0 Å². The van der Waals surface area contributed by atoms with E-state index in [1.807, 2.05) is 17.5 Å². The van der Waals surface area contributed by atoms with Crippen molar-refractivity contribution in [1.29, 1.82) is 0 Å². The molecule has 0 radical (unpaired) electrons. The van der Waals surface area contributed by atoms with Crippen molar-refractivity contribution < 1.29 is 18.7 Å². The Bertz CT molecular complexity index is 610. The molecule has 1 aromatic heterocycles. The van der Waals surface area contributed by atoms with E-state index in [9.17, 15) is 14.0 Å². The average Bonchev–Trinajstić information content (AvgIpc) is 2.94. The van der Waals surface area contributed by atoms with Crippen LogP contribution in [0.25, 0.3) is 0 Å². The Kier molecular flexibility index (Phi) is 5.05. The Balaban J connectivity index is 1.84. The number of hydrogen-bond donors (Lipinski definition) is 1. The number of benzene rings is 1. The summed E-state index contributed by atoms with van der Waals surface area (Å²) >= 11 is 1.45. The zero-order valence-electron chi connectivity index (χ0n) is 11.3. The summed E-state index contributed by atoms with van der Waals surface area (Å²) in [5.41, 5.74) is 0.447. The lowest BCUT2D eigenvalue weighted by Crippen LogP contribution is -2.30. The molecule has 2 aromatic rings. The molecular weight excluding hydrogens is 293 g/mol. The number of thiophene rings is 1. The Labute approximate surface area is 125 Å². The van der Waals surface area contributed by atoms with Crippen LogP contribution in [0.3, 0.4) is 0 Å². The number of hydrogen-bond acceptors (Lipinski definition) is 4. The molecule has 0 aliphatic carbocycles. The van der Waals surface area contributed by atoms with E-state index in [1.165, 1.54) is 42.5 Å². The number of esters is 1. The van der Waals surface area contributed by atoms with Crippen molar-refractivity contribution in [2.75, 3.05) is 5.32 Å². The van der Waals surface area contributed by atoms with Crippen molar-refractivity contribution in [3.63, 3.8) is 0 Å². The Hall–Kier alpha value is -2.21. The normalized spacial score (nSPS) is 11.7. The highest BCUT2D eigenvalue weighted by atomic mass is 32.1. The van der Waals surface area contributed by atoms with Crippen LogP contribution in [0, 0.1) is 5.82 Å². The second-order valence-electron chi connectivity index (χ2n) is 4.38. The van der Waals surface area contributed by atoms with Crippen molar-refractivity contribution in [1.82, 2.24) is 0 Å². The molecule has 1 atom stereocenters. The molecule has 0 saturated heterocycles. The second-order valence-corrected chi connectivity index (χ2v) is 5.42. The monoisotopic (exact) mass is 307 g/mol. The summed E-state index contributed by atoms with van der Waals surface area (Å²) in [6.07, 6.45) is -0.770. The van der Waals surface area contributed by atoms with E-state index in [0.29, 0.717) is 5.69 Å². The van der Waals surface area contributed by atoms with Gasteiger partial charge in [-0.25, -0.2) is 4.39 Å². The third kappa shape index (κ3) is 4.68. The van der Waals surface area contributed by atoms with Crippen LogP contribution in [0.1, 0.15) is 11.8 Å². The third-order valence-corrected chi connectivity index (χ3v) is 3.56. The van der Waals surface area contributed by atoms with Crippen molar-refractivity contribution in [2.24, 2.45) is 0 Å². The van der Waals surface area contributed by atoms with Crippen LogP contribution < -0.4 is 5.32 Å². The average molecular weight is 307 g/mol. The summed E-state index contributed by atoms with van der Waals surface area (Å²) in [7, 11) is 0. The highest BCUT2D eigenvalue weighted by molar-refractivity contribution is 7.10. The van der Waals surface area contributed by atoms with Crippen LogP contribution in [-0.4, -0.2) is 18.0 Å². The number of anilines is 1. The fraction of sp³-hybridized carbons (Fsp3) is 0.200. The zero-order valence-corrected chi connectivity index (χ0v) is 12.2. The quantitative estimate of drug-likeness (QED) is 0.864. The van der Waals surface area contributed by atoms with Gasteiger partial charge in [-0.15, -0.1) is 11.3 Å². The van der Waals surface area contributed by atoms with Crippen molar-refractivity contribution >= 4 is 28.9 Å². The number of rotatable bonds is 5. The molecule has 1 amide bonds. The van der Waals surface area contributed by atoms with E-state index in [-0.39, 0.29) is 12.2 Å². The largest absolute Gasteiger partial charge is 0.452 e. The first-order valence-corrected chi connectivity index (χ1v) is 7.21. The second kappa shape index (κ2) is 6.99. The summed E-state index contributed by atoms with van der Waals surface area (Å²) in [6.45, 7) is 1.49. The van der Waals surface area contributed by atoms with Gasteiger partial charge in [0.05, 0.1) is 6.42 Å². The minimum absolute atomic E-state index is 0.145. The molecular formula is C15H14FNO3S. The molecule has 21 heavy (non-hydrogen) atoms. The van der Waals surface area contributed by atoms with E-state index < -0.39 is 18.0 Å². The highest BCUT2D eigenvalue weighted by Crippen LogP contribution is 2.12. The van der Waals surface area contributed by atoms with Crippen LogP contribution in [0.2, 0.25) is 0 Å². The molecule has 0 bridgehead atoms. The molecule has 6 heteroatoms. The molecule has 0 fully saturated rings. The van der Waals surface area contributed by atoms with E-state index >= 15 is 0 Å². The first-order valence-electron chi connectivity index (χ1n) is 6.33. The molecule has 110 valence electrons. The molecule has 0 spiro atoms. The summed E-state index contributed by atoms with van der Waals surface area (Å²) in [5.74, 6) is -1.30. The van der Waals surface area contributed by atoms with Crippen molar-refractivity contribution in [2.45, 2.75) is 19.4 Å². The fourth-order valence-electron chi connectivity index (χ4n) is 1.62. The van der Waals surface area contributed by atoms with Gasteiger partial charge < -0.3 is 10.1 Å². The van der Waals surface area contributed by atoms with Crippen molar-refractivity contribution in [3.8, 4) is 0 Å². The smallest absolute Gasteiger partial charge is 0.311 e. The molecule has 0 unspecified atom stereocenters. The van der Waals surface area contributed by atoms with Crippen LogP contribution >= 0.6 is 11.3 Å². The molecule has 2 rings (SSSR count).